The molecule has 1 amide bonds. The van der Waals surface area contributed by atoms with Crippen molar-refractivity contribution >= 4 is 5.91 Å². The molecule has 0 heterocycles. The molecule has 1 aromatic carbocycles. The largest absolute Gasteiger partial charge is 0.497 e. The van der Waals surface area contributed by atoms with Crippen LogP contribution in [0.15, 0.2) is 18.2 Å². The second kappa shape index (κ2) is 5.76. The summed E-state index contributed by atoms with van der Waals surface area (Å²) in [5, 5.41) is 2.89. The van der Waals surface area contributed by atoms with Gasteiger partial charge in [0, 0.05) is 23.6 Å². The number of methoxy groups -OCH3 is 2. The van der Waals surface area contributed by atoms with Crippen LogP contribution in [0.1, 0.15) is 26.3 Å². The summed E-state index contributed by atoms with van der Waals surface area (Å²) >= 11 is 0. The van der Waals surface area contributed by atoms with Crippen molar-refractivity contribution < 1.29 is 14.3 Å². The lowest BCUT2D eigenvalue weighted by atomic mass is 9.95. The monoisotopic (exact) mass is 251 g/mol. The zero-order valence-electron chi connectivity index (χ0n) is 11.7. The maximum absolute atomic E-state index is 11.8. The number of ether oxygens (including phenoxy) is 2. The van der Waals surface area contributed by atoms with Crippen molar-refractivity contribution in [2.24, 2.45) is 5.41 Å². The first-order chi connectivity index (χ1) is 8.38. The van der Waals surface area contributed by atoms with E-state index in [2.05, 4.69) is 5.32 Å². The Kier molecular flexibility index (Phi) is 4.59. The standard InChI is InChI=1S/C14H21NO3/c1-14(2,3)13(16)15-9-10-6-7-11(17-4)8-12(10)18-5/h6-8H,9H2,1-5H3,(H,15,16). The third-order valence-electron chi connectivity index (χ3n) is 2.61. The highest BCUT2D eigenvalue weighted by molar-refractivity contribution is 5.81. The van der Waals surface area contributed by atoms with E-state index < -0.39 is 0 Å². The van der Waals surface area contributed by atoms with E-state index in [-0.39, 0.29) is 11.3 Å². The molecular formula is C14H21NO3. The molecule has 100 valence electrons. The first kappa shape index (κ1) is 14.4. The van der Waals surface area contributed by atoms with Crippen LogP contribution in [0, 0.1) is 5.41 Å². The van der Waals surface area contributed by atoms with E-state index in [1.807, 2.05) is 32.9 Å². The van der Waals surface area contributed by atoms with E-state index in [4.69, 9.17) is 9.47 Å². The Morgan fingerprint density at radius 3 is 2.39 bits per heavy atom. The zero-order chi connectivity index (χ0) is 13.8. The van der Waals surface area contributed by atoms with Crippen LogP contribution in [-0.4, -0.2) is 20.1 Å². The smallest absolute Gasteiger partial charge is 0.225 e. The molecule has 0 saturated carbocycles. The minimum Gasteiger partial charge on any atom is -0.497 e. The lowest BCUT2D eigenvalue weighted by Gasteiger charge is -2.18. The van der Waals surface area contributed by atoms with Gasteiger partial charge >= 0.3 is 0 Å². The quantitative estimate of drug-likeness (QED) is 0.893. The average molecular weight is 251 g/mol. The van der Waals surface area contributed by atoms with Crippen molar-refractivity contribution in [2.75, 3.05) is 14.2 Å². The summed E-state index contributed by atoms with van der Waals surface area (Å²) in [6, 6.07) is 5.54. The van der Waals surface area contributed by atoms with Crippen LogP contribution in [0.5, 0.6) is 11.5 Å². The molecular weight excluding hydrogens is 230 g/mol. The predicted octanol–water partition coefficient (Wildman–Crippen LogP) is 2.37. The maximum Gasteiger partial charge on any atom is 0.225 e. The van der Waals surface area contributed by atoms with E-state index in [0.29, 0.717) is 12.3 Å². The van der Waals surface area contributed by atoms with Gasteiger partial charge in [-0.15, -0.1) is 0 Å². The first-order valence-corrected chi connectivity index (χ1v) is 5.87. The van der Waals surface area contributed by atoms with Gasteiger partial charge in [0.05, 0.1) is 14.2 Å². The van der Waals surface area contributed by atoms with Crippen LogP contribution >= 0.6 is 0 Å². The van der Waals surface area contributed by atoms with Gasteiger partial charge in [0.2, 0.25) is 5.91 Å². The summed E-state index contributed by atoms with van der Waals surface area (Å²) in [7, 11) is 3.21. The Morgan fingerprint density at radius 1 is 1.22 bits per heavy atom. The van der Waals surface area contributed by atoms with Crippen molar-refractivity contribution in [2.45, 2.75) is 27.3 Å². The number of rotatable bonds is 4. The molecule has 0 spiro atoms. The highest BCUT2D eigenvalue weighted by atomic mass is 16.5. The van der Waals surface area contributed by atoms with Gasteiger partial charge in [0.15, 0.2) is 0 Å². The van der Waals surface area contributed by atoms with Gasteiger partial charge in [-0.3, -0.25) is 4.79 Å². The molecule has 1 rings (SSSR count). The molecule has 0 fully saturated rings. The fourth-order valence-corrected chi connectivity index (χ4v) is 1.44. The normalized spacial score (nSPS) is 10.9. The zero-order valence-corrected chi connectivity index (χ0v) is 11.7. The van der Waals surface area contributed by atoms with Crippen molar-refractivity contribution in [3.63, 3.8) is 0 Å². The molecule has 1 aromatic rings. The molecule has 0 unspecified atom stereocenters. The lowest BCUT2D eigenvalue weighted by Crippen LogP contribution is -2.34. The Morgan fingerprint density at radius 2 is 1.89 bits per heavy atom. The summed E-state index contributed by atoms with van der Waals surface area (Å²) < 4.78 is 10.4. The second-order valence-electron chi connectivity index (χ2n) is 5.11. The van der Waals surface area contributed by atoms with E-state index in [1.165, 1.54) is 0 Å². The van der Waals surface area contributed by atoms with Gasteiger partial charge in [-0.05, 0) is 12.1 Å². The van der Waals surface area contributed by atoms with Gasteiger partial charge in [-0.25, -0.2) is 0 Å². The minimum absolute atomic E-state index is 0.0142. The molecule has 4 heteroatoms. The fourth-order valence-electron chi connectivity index (χ4n) is 1.44. The molecule has 0 aromatic heterocycles. The topological polar surface area (TPSA) is 47.6 Å². The number of nitrogens with one attached hydrogen (secondary N) is 1. The van der Waals surface area contributed by atoms with Crippen LogP contribution < -0.4 is 14.8 Å². The lowest BCUT2D eigenvalue weighted by molar-refractivity contribution is -0.128. The fraction of sp³-hybridized carbons (Fsp3) is 0.500. The molecule has 4 nitrogen and oxygen atoms in total. The van der Waals surface area contributed by atoms with Gasteiger partial charge in [-0.1, -0.05) is 20.8 Å². The number of carbonyl (C=O) groups excluding carboxylic acids is 1. The number of hydrogen-bond acceptors (Lipinski definition) is 3. The highest BCUT2D eigenvalue weighted by Gasteiger charge is 2.20. The minimum atomic E-state index is -0.389. The van der Waals surface area contributed by atoms with E-state index in [9.17, 15) is 4.79 Å². The van der Waals surface area contributed by atoms with E-state index in [0.717, 1.165) is 11.3 Å². The Balaban J connectivity index is 2.76. The summed E-state index contributed by atoms with van der Waals surface area (Å²) in [5.41, 5.74) is 0.538. The number of carbonyl (C=O) groups is 1. The Labute approximate surface area is 108 Å². The molecule has 0 saturated heterocycles. The molecule has 0 bridgehead atoms. The molecule has 18 heavy (non-hydrogen) atoms. The van der Waals surface area contributed by atoms with E-state index >= 15 is 0 Å². The number of amides is 1. The van der Waals surface area contributed by atoms with Crippen molar-refractivity contribution in [3.8, 4) is 11.5 Å². The van der Waals surface area contributed by atoms with Crippen molar-refractivity contribution in [1.82, 2.24) is 5.32 Å². The van der Waals surface area contributed by atoms with Crippen LogP contribution in [0.4, 0.5) is 0 Å². The van der Waals surface area contributed by atoms with Crippen molar-refractivity contribution in [1.29, 1.82) is 0 Å². The number of benzene rings is 1. The number of hydrogen-bond donors (Lipinski definition) is 1. The molecule has 0 aliphatic rings. The molecule has 0 aliphatic heterocycles. The van der Waals surface area contributed by atoms with Gasteiger partial charge < -0.3 is 14.8 Å². The first-order valence-electron chi connectivity index (χ1n) is 5.87. The molecule has 0 aliphatic carbocycles. The second-order valence-corrected chi connectivity index (χ2v) is 5.11. The third-order valence-corrected chi connectivity index (χ3v) is 2.61. The summed E-state index contributed by atoms with van der Waals surface area (Å²) in [6.07, 6.45) is 0. The predicted molar refractivity (Wildman–Crippen MR) is 70.8 cm³/mol. The van der Waals surface area contributed by atoms with Crippen LogP contribution in [0.3, 0.4) is 0 Å². The van der Waals surface area contributed by atoms with Crippen LogP contribution in [0.2, 0.25) is 0 Å². The Hall–Kier alpha value is -1.71. The molecule has 1 N–H and O–H groups in total. The summed E-state index contributed by atoms with van der Waals surface area (Å²) in [5.74, 6) is 1.46. The van der Waals surface area contributed by atoms with Gasteiger partial charge in [0.25, 0.3) is 0 Å². The van der Waals surface area contributed by atoms with Crippen LogP contribution in [0.25, 0.3) is 0 Å². The summed E-state index contributed by atoms with van der Waals surface area (Å²) in [4.78, 5) is 11.8. The SMILES string of the molecule is COc1ccc(CNC(=O)C(C)(C)C)c(OC)c1. The Bertz CT molecular complexity index is 422. The van der Waals surface area contributed by atoms with E-state index in [1.54, 1.807) is 20.3 Å². The molecule has 0 atom stereocenters. The average Bonchev–Trinajstić information content (AvgIpc) is 2.34. The third kappa shape index (κ3) is 3.65. The van der Waals surface area contributed by atoms with Crippen molar-refractivity contribution in [3.05, 3.63) is 23.8 Å². The van der Waals surface area contributed by atoms with Gasteiger partial charge in [-0.2, -0.15) is 0 Å². The maximum atomic E-state index is 11.8. The molecule has 0 radical (unpaired) electrons. The summed E-state index contributed by atoms with van der Waals surface area (Å²) in [6.45, 7) is 6.10. The van der Waals surface area contributed by atoms with Crippen LogP contribution in [-0.2, 0) is 11.3 Å². The van der Waals surface area contributed by atoms with Gasteiger partial charge in [0.1, 0.15) is 11.5 Å². The highest BCUT2D eigenvalue weighted by Crippen LogP contribution is 2.24.